The van der Waals surface area contributed by atoms with E-state index in [1.165, 1.54) is 0 Å². The molecule has 0 saturated heterocycles. The molecule has 84 valence electrons. The molecule has 2 rings (SSSR count). The van der Waals surface area contributed by atoms with Crippen LogP contribution in [-0.2, 0) is 7.05 Å². The summed E-state index contributed by atoms with van der Waals surface area (Å²) >= 11 is 0. The van der Waals surface area contributed by atoms with E-state index in [0.29, 0.717) is 0 Å². The lowest BCUT2D eigenvalue weighted by Crippen LogP contribution is -1.90. The summed E-state index contributed by atoms with van der Waals surface area (Å²) in [5.41, 5.74) is 1.99. The number of hydrogen-bond acceptors (Lipinski definition) is 2. The van der Waals surface area contributed by atoms with Crippen LogP contribution in [0, 0.1) is 6.92 Å². The molecule has 3 heteroatoms. The second kappa shape index (κ2) is 6.98. The third kappa shape index (κ3) is 3.05. The zero-order valence-electron chi connectivity index (χ0n) is 10.6. The molecular weight excluding hydrogens is 186 g/mol. The van der Waals surface area contributed by atoms with E-state index >= 15 is 0 Å². The quantitative estimate of drug-likeness (QED) is 0.663. The maximum Gasteiger partial charge on any atom is 0.157 e. The van der Waals surface area contributed by atoms with Crippen molar-refractivity contribution in [2.24, 2.45) is 7.05 Å². The Labute approximate surface area is 92.1 Å². The average Bonchev–Trinajstić information content (AvgIpc) is 2.61. The molecule has 0 saturated carbocycles. The zero-order chi connectivity index (χ0) is 11.8. The van der Waals surface area contributed by atoms with E-state index in [-0.39, 0.29) is 0 Å². The smallest absolute Gasteiger partial charge is 0.157 e. The first-order chi connectivity index (χ1) is 7.29. The van der Waals surface area contributed by atoms with Crippen LogP contribution in [0.3, 0.4) is 0 Å². The van der Waals surface area contributed by atoms with E-state index in [1.54, 1.807) is 10.9 Å². The number of nitrogens with zero attached hydrogens (tertiary/aromatic N) is 3. The molecule has 15 heavy (non-hydrogen) atoms. The predicted octanol–water partition coefficient (Wildman–Crippen LogP) is 3.33. The fraction of sp³-hybridized carbons (Fsp3) is 0.500. The fourth-order valence-electron chi connectivity index (χ4n) is 1.26. The molecule has 0 radical (unpaired) electrons. The van der Waals surface area contributed by atoms with Crippen LogP contribution in [0.25, 0.3) is 11.0 Å². The highest BCUT2D eigenvalue weighted by Gasteiger charge is 2.02. The molecule has 0 unspecified atom stereocenters. The summed E-state index contributed by atoms with van der Waals surface area (Å²) in [6, 6.07) is 3.96. The summed E-state index contributed by atoms with van der Waals surface area (Å²) in [5.74, 6) is 0. The minimum atomic E-state index is 0.949. The second-order valence-electron chi connectivity index (χ2n) is 2.58. The number of aromatic nitrogens is 3. The van der Waals surface area contributed by atoms with Crippen molar-refractivity contribution in [2.75, 3.05) is 0 Å². The standard InChI is InChI=1S/C8H9N3.2C2H6/c1-6-7-4-3-5-9-8(7)11(2)10-6;2*1-2/h3-5H,1-2H3;2*1-2H3. The van der Waals surface area contributed by atoms with Crippen LogP contribution in [-0.4, -0.2) is 14.8 Å². The van der Waals surface area contributed by atoms with Crippen molar-refractivity contribution >= 4 is 11.0 Å². The highest BCUT2D eigenvalue weighted by Crippen LogP contribution is 2.12. The van der Waals surface area contributed by atoms with Gasteiger partial charge in [-0.25, -0.2) is 4.98 Å². The minimum Gasteiger partial charge on any atom is -0.250 e. The predicted molar refractivity (Wildman–Crippen MR) is 65.9 cm³/mol. The molecule has 2 aromatic heterocycles. The zero-order valence-corrected chi connectivity index (χ0v) is 10.6. The van der Waals surface area contributed by atoms with E-state index in [2.05, 4.69) is 10.1 Å². The van der Waals surface area contributed by atoms with Gasteiger partial charge in [-0.1, -0.05) is 27.7 Å². The Bertz CT molecular complexity index is 355. The third-order valence-electron chi connectivity index (χ3n) is 1.78. The van der Waals surface area contributed by atoms with Crippen LogP contribution in [0.1, 0.15) is 33.4 Å². The van der Waals surface area contributed by atoms with Crippen molar-refractivity contribution in [2.45, 2.75) is 34.6 Å². The van der Waals surface area contributed by atoms with Crippen molar-refractivity contribution in [1.82, 2.24) is 14.8 Å². The summed E-state index contributed by atoms with van der Waals surface area (Å²) in [7, 11) is 1.91. The largest absolute Gasteiger partial charge is 0.250 e. The van der Waals surface area contributed by atoms with Gasteiger partial charge in [0.15, 0.2) is 5.65 Å². The Morgan fingerprint density at radius 2 is 1.73 bits per heavy atom. The van der Waals surface area contributed by atoms with E-state index < -0.39 is 0 Å². The van der Waals surface area contributed by atoms with Crippen LogP contribution in [0.5, 0.6) is 0 Å². The van der Waals surface area contributed by atoms with Gasteiger partial charge in [-0.2, -0.15) is 5.10 Å². The van der Waals surface area contributed by atoms with E-state index in [9.17, 15) is 0 Å². The molecule has 0 fully saturated rings. The summed E-state index contributed by atoms with van der Waals surface area (Å²) in [4.78, 5) is 4.20. The molecule has 0 bridgehead atoms. The monoisotopic (exact) mass is 207 g/mol. The van der Waals surface area contributed by atoms with Gasteiger partial charge >= 0.3 is 0 Å². The molecule has 0 N–H and O–H groups in total. The van der Waals surface area contributed by atoms with Gasteiger partial charge in [-0.3, -0.25) is 4.68 Å². The molecule has 2 heterocycles. The lowest BCUT2D eigenvalue weighted by atomic mass is 10.3. The molecule has 3 nitrogen and oxygen atoms in total. The van der Waals surface area contributed by atoms with Crippen LogP contribution in [0.15, 0.2) is 18.3 Å². The van der Waals surface area contributed by atoms with Crippen molar-refractivity contribution < 1.29 is 0 Å². The van der Waals surface area contributed by atoms with Gasteiger partial charge in [0.1, 0.15) is 0 Å². The van der Waals surface area contributed by atoms with Crippen LogP contribution in [0.2, 0.25) is 0 Å². The topological polar surface area (TPSA) is 30.7 Å². The van der Waals surface area contributed by atoms with Crippen molar-refractivity contribution in [3.63, 3.8) is 0 Å². The first-order valence-corrected chi connectivity index (χ1v) is 5.53. The number of fused-ring (bicyclic) bond motifs is 1. The summed E-state index contributed by atoms with van der Waals surface area (Å²) in [5, 5.41) is 5.38. The van der Waals surface area contributed by atoms with E-state index in [1.807, 2.05) is 53.8 Å². The average molecular weight is 207 g/mol. The molecule has 0 aromatic carbocycles. The lowest BCUT2D eigenvalue weighted by Gasteiger charge is -1.89. The number of pyridine rings is 1. The summed E-state index contributed by atoms with van der Waals surface area (Å²) in [6.45, 7) is 9.99. The van der Waals surface area contributed by atoms with Gasteiger partial charge in [0.05, 0.1) is 5.69 Å². The Balaban J connectivity index is 0.000000442. The van der Waals surface area contributed by atoms with Gasteiger partial charge in [0, 0.05) is 18.6 Å². The molecule has 0 aliphatic carbocycles. The molecule has 2 aromatic rings. The number of hydrogen-bond donors (Lipinski definition) is 0. The van der Waals surface area contributed by atoms with Crippen LogP contribution >= 0.6 is 0 Å². The van der Waals surface area contributed by atoms with Crippen LogP contribution in [0.4, 0.5) is 0 Å². The lowest BCUT2D eigenvalue weighted by molar-refractivity contribution is 0.774. The van der Waals surface area contributed by atoms with Crippen molar-refractivity contribution in [3.8, 4) is 0 Å². The Kier molecular flexibility index (Phi) is 6.34. The van der Waals surface area contributed by atoms with E-state index in [0.717, 1.165) is 16.7 Å². The van der Waals surface area contributed by atoms with Gasteiger partial charge in [-0.15, -0.1) is 0 Å². The molecule has 0 spiro atoms. The van der Waals surface area contributed by atoms with Gasteiger partial charge in [-0.05, 0) is 19.1 Å². The molecule has 0 atom stereocenters. The first-order valence-electron chi connectivity index (χ1n) is 5.53. The van der Waals surface area contributed by atoms with Crippen molar-refractivity contribution in [3.05, 3.63) is 24.0 Å². The third-order valence-corrected chi connectivity index (χ3v) is 1.78. The minimum absolute atomic E-state index is 0.949. The highest BCUT2D eigenvalue weighted by molar-refractivity contribution is 5.77. The van der Waals surface area contributed by atoms with Gasteiger partial charge in [0.25, 0.3) is 0 Å². The molecule has 0 aliphatic heterocycles. The van der Waals surface area contributed by atoms with Gasteiger partial charge < -0.3 is 0 Å². The fourth-order valence-corrected chi connectivity index (χ4v) is 1.26. The molecule has 0 amide bonds. The first kappa shape index (κ1) is 13.6. The van der Waals surface area contributed by atoms with Gasteiger partial charge in [0.2, 0.25) is 0 Å². The Morgan fingerprint density at radius 1 is 1.13 bits per heavy atom. The van der Waals surface area contributed by atoms with Crippen molar-refractivity contribution in [1.29, 1.82) is 0 Å². The van der Waals surface area contributed by atoms with E-state index in [4.69, 9.17) is 0 Å². The number of aryl methyl sites for hydroxylation is 2. The summed E-state index contributed by atoms with van der Waals surface area (Å²) in [6.07, 6.45) is 1.78. The van der Waals surface area contributed by atoms with Crippen LogP contribution < -0.4 is 0 Å². The highest BCUT2D eigenvalue weighted by atomic mass is 15.3. The maximum absolute atomic E-state index is 4.24. The SMILES string of the molecule is CC.CC.Cc1nn(C)c2ncccc12. The second-order valence-corrected chi connectivity index (χ2v) is 2.58. The molecule has 0 aliphatic rings. The normalized spacial score (nSPS) is 8.67. The number of rotatable bonds is 0. The Hall–Kier alpha value is -1.38. The maximum atomic E-state index is 4.24. The molecular formula is C12H21N3. The summed E-state index contributed by atoms with van der Waals surface area (Å²) < 4.78 is 1.80. The Morgan fingerprint density at radius 3 is 2.27 bits per heavy atom.